The van der Waals surface area contributed by atoms with Crippen molar-refractivity contribution >= 4 is 5.96 Å². The van der Waals surface area contributed by atoms with Crippen LogP contribution in [0.4, 0.5) is 0 Å². The monoisotopic (exact) mass is 215 g/mol. The quantitative estimate of drug-likeness (QED) is 0.784. The number of nitrogens with zero attached hydrogens (tertiary/aromatic N) is 1. The fourth-order valence-corrected chi connectivity index (χ4v) is 2.23. The first-order valence-electron chi connectivity index (χ1n) is 6.03. The molecule has 1 aliphatic carbocycles. The van der Waals surface area contributed by atoms with Crippen molar-refractivity contribution in [1.29, 1.82) is 0 Å². The first kappa shape index (κ1) is 9.70. The Hall–Kier alpha value is -1.51. The summed E-state index contributed by atoms with van der Waals surface area (Å²) in [5, 5.41) is 6.78. The van der Waals surface area contributed by atoms with Gasteiger partial charge in [0.25, 0.3) is 0 Å². The lowest BCUT2D eigenvalue weighted by Gasteiger charge is -2.15. The minimum atomic E-state index is 0.576. The molecule has 0 radical (unpaired) electrons. The molecule has 0 spiro atoms. The molecule has 1 aromatic rings. The Morgan fingerprint density at radius 3 is 2.88 bits per heavy atom. The van der Waals surface area contributed by atoms with E-state index in [-0.39, 0.29) is 0 Å². The molecule has 1 saturated carbocycles. The van der Waals surface area contributed by atoms with E-state index >= 15 is 0 Å². The SMILES string of the molecule is c1ccc([C@@H]2C[C@H]2NC2=NCCCN2)cc1. The predicted molar refractivity (Wildman–Crippen MR) is 65.6 cm³/mol. The maximum atomic E-state index is 4.43. The first-order chi connectivity index (χ1) is 7.93. The van der Waals surface area contributed by atoms with E-state index < -0.39 is 0 Å². The van der Waals surface area contributed by atoms with E-state index in [0.717, 1.165) is 25.5 Å². The van der Waals surface area contributed by atoms with E-state index in [1.807, 2.05) is 0 Å². The Morgan fingerprint density at radius 1 is 1.25 bits per heavy atom. The zero-order chi connectivity index (χ0) is 10.8. The Kier molecular flexibility index (Phi) is 2.52. The van der Waals surface area contributed by atoms with Crippen molar-refractivity contribution in [3.63, 3.8) is 0 Å². The number of hydrogen-bond donors (Lipinski definition) is 2. The van der Waals surface area contributed by atoms with Gasteiger partial charge in [-0.15, -0.1) is 0 Å². The highest BCUT2D eigenvalue weighted by Crippen LogP contribution is 2.40. The molecule has 1 heterocycles. The molecule has 3 heteroatoms. The molecule has 0 unspecified atom stereocenters. The molecular weight excluding hydrogens is 198 g/mol. The maximum absolute atomic E-state index is 4.43. The lowest BCUT2D eigenvalue weighted by molar-refractivity contribution is 0.696. The molecule has 2 N–H and O–H groups in total. The van der Waals surface area contributed by atoms with Gasteiger partial charge in [0, 0.05) is 25.0 Å². The summed E-state index contributed by atoms with van der Waals surface area (Å²) in [7, 11) is 0. The van der Waals surface area contributed by atoms with Crippen molar-refractivity contribution in [2.75, 3.05) is 13.1 Å². The van der Waals surface area contributed by atoms with Crippen LogP contribution in [0.2, 0.25) is 0 Å². The fourth-order valence-electron chi connectivity index (χ4n) is 2.23. The number of guanidine groups is 1. The van der Waals surface area contributed by atoms with E-state index in [9.17, 15) is 0 Å². The van der Waals surface area contributed by atoms with Crippen LogP contribution in [0.25, 0.3) is 0 Å². The summed E-state index contributed by atoms with van der Waals surface area (Å²) >= 11 is 0. The van der Waals surface area contributed by atoms with Gasteiger partial charge in [-0.1, -0.05) is 30.3 Å². The van der Waals surface area contributed by atoms with E-state index in [1.54, 1.807) is 0 Å². The van der Waals surface area contributed by atoms with E-state index in [1.165, 1.54) is 12.0 Å². The van der Waals surface area contributed by atoms with E-state index in [2.05, 4.69) is 46.0 Å². The van der Waals surface area contributed by atoms with Gasteiger partial charge in [-0.25, -0.2) is 0 Å². The summed E-state index contributed by atoms with van der Waals surface area (Å²) in [5.74, 6) is 1.67. The van der Waals surface area contributed by atoms with Crippen molar-refractivity contribution in [2.24, 2.45) is 4.99 Å². The van der Waals surface area contributed by atoms with Gasteiger partial charge in [0.2, 0.25) is 0 Å². The molecule has 3 rings (SSSR count). The Labute approximate surface area is 96.0 Å². The maximum Gasteiger partial charge on any atom is 0.191 e. The summed E-state index contributed by atoms with van der Waals surface area (Å²) < 4.78 is 0. The number of nitrogens with one attached hydrogen (secondary N) is 2. The number of aliphatic imine (C=N–C) groups is 1. The topological polar surface area (TPSA) is 36.4 Å². The van der Waals surface area contributed by atoms with Gasteiger partial charge in [0.1, 0.15) is 0 Å². The molecule has 1 aromatic carbocycles. The summed E-state index contributed by atoms with van der Waals surface area (Å²) in [5.41, 5.74) is 1.44. The minimum absolute atomic E-state index is 0.576. The lowest BCUT2D eigenvalue weighted by atomic mass is 10.1. The van der Waals surface area contributed by atoms with Gasteiger partial charge >= 0.3 is 0 Å². The molecule has 0 amide bonds. The van der Waals surface area contributed by atoms with Crippen molar-refractivity contribution in [1.82, 2.24) is 10.6 Å². The second kappa shape index (κ2) is 4.16. The van der Waals surface area contributed by atoms with Gasteiger partial charge < -0.3 is 10.6 Å². The zero-order valence-corrected chi connectivity index (χ0v) is 9.32. The van der Waals surface area contributed by atoms with E-state index in [0.29, 0.717) is 12.0 Å². The molecule has 2 atom stereocenters. The van der Waals surface area contributed by atoms with Crippen molar-refractivity contribution in [3.8, 4) is 0 Å². The van der Waals surface area contributed by atoms with Crippen LogP contribution in [0.15, 0.2) is 35.3 Å². The normalized spacial score (nSPS) is 27.9. The van der Waals surface area contributed by atoms with Crippen molar-refractivity contribution < 1.29 is 0 Å². The van der Waals surface area contributed by atoms with Gasteiger partial charge in [-0.05, 0) is 18.4 Å². The second-order valence-electron chi connectivity index (χ2n) is 4.51. The average molecular weight is 215 g/mol. The molecule has 84 valence electrons. The molecule has 3 nitrogen and oxygen atoms in total. The highest BCUT2D eigenvalue weighted by Gasteiger charge is 2.38. The Bertz CT molecular complexity index is 385. The molecule has 16 heavy (non-hydrogen) atoms. The third kappa shape index (κ3) is 2.03. The standard InChI is InChI=1S/C13H17N3/c1-2-5-10(6-3-1)11-9-12(11)16-13-14-7-4-8-15-13/h1-3,5-6,11-12H,4,7-9H2,(H2,14,15,16)/t11-,12+/m0/s1. The van der Waals surface area contributed by atoms with Crippen LogP contribution in [-0.2, 0) is 0 Å². The van der Waals surface area contributed by atoms with Crippen molar-refractivity contribution in [3.05, 3.63) is 35.9 Å². The zero-order valence-electron chi connectivity index (χ0n) is 9.32. The number of benzene rings is 1. The Morgan fingerprint density at radius 2 is 2.12 bits per heavy atom. The van der Waals surface area contributed by atoms with Gasteiger partial charge in [0.05, 0.1) is 0 Å². The average Bonchev–Trinajstić information content (AvgIpc) is 3.11. The fraction of sp³-hybridized carbons (Fsp3) is 0.462. The predicted octanol–water partition coefficient (Wildman–Crippen LogP) is 1.48. The third-order valence-electron chi connectivity index (χ3n) is 3.24. The molecule has 1 aliphatic heterocycles. The first-order valence-corrected chi connectivity index (χ1v) is 6.03. The second-order valence-corrected chi connectivity index (χ2v) is 4.51. The molecule has 0 aromatic heterocycles. The smallest absolute Gasteiger partial charge is 0.191 e. The van der Waals surface area contributed by atoms with E-state index in [4.69, 9.17) is 0 Å². The van der Waals surface area contributed by atoms with Gasteiger partial charge in [0.15, 0.2) is 5.96 Å². The van der Waals surface area contributed by atoms with Crippen LogP contribution >= 0.6 is 0 Å². The minimum Gasteiger partial charge on any atom is -0.356 e. The summed E-state index contributed by atoms with van der Waals surface area (Å²) in [6, 6.07) is 11.3. The van der Waals surface area contributed by atoms with Crippen LogP contribution in [-0.4, -0.2) is 25.1 Å². The third-order valence-corrected chi connectivity index (χ3v) is 3.24. The molecule has 0 bridgehead atoms. The highest BCUT2D eigenvalue weighted by atomic mass is 15.2. The number of rotatable bonds is 2. The highest BCUT2D eigenvalue weighted by molar-refractivity contribution is 5.81. The van der Waals surface area contributed by atoms with Crippen LogP contribution in [0.5, 0.6) is 0 Å². The molecule has 2 aliphatic rings. The summed E-state index contributed by atoms with van der Waals surface area (Å²) in [6.07, 6.45) is 2.38. The molecular formula is C13H17N3. The van der Waals surface area contributed by atoms with Crippen molar-refractivity contribution in [2.45, 2.75) is 24.8 Å². The van der Waals surface area contributed by atoms with Crippen LogP contribution in [0, 0.1) is 0 Å². The summed E-state index contributed by atoms with van der Waals surface area (Å²) in [6.45, 7) is 2.01. The number of hydrogen-bond acceptors (Lipinski definition) is 3. The largest absolute Gasteiger partial charge is 0.356 e. The molecule has 0 saturated heterocycles. The van der Waals surface area contributed by atoms with Crippen LogP contribution in [0.3, 0.4) is 0 Å². The van der Waals surface area contributed by atoms with Gasteiger partial charge in [-0.2, -0.15) is 0 Å². The van der Waals surface area contributed by atoms with Crippen LogP contribution in [0.1, 0.15) is 24.3 Å². The Balaban J connectivity index is 1.58. The van der Waals surface area contributed by atoms with Crippen LogP contribution < -0.4 is 10.6 Å². The summed E-state index contributed by atoms with van der Waals surface area (Å²) in [4.78, 5) is 4.43. The lowest BCUT2D eigenvalue weighted by Crippen LogP contribution is -2.42. The molecule has 1 fully saturated rings. The van der Waals surface area contributed by atoms with Gasteiger partial charge in [-0.3, -0.25) is 4.99 Å².